The van der Waals surface area contributed by atoms with E-state index in [1.165, 1.54) is 0 Å². The normalized spacial score (nSPS) is 29.6. The van der Waals surface area contributed by atoms with Gasteiger partial charge in [0.15, 0.2) is 12.6 Å². The molecule has 6 heteroatoms. The second kappa shape index (κ2) is 6.37. The summed E-state index contributed by atoms with van der Waals surface area (Å²) in [4.78, 5) is 19.6. The van der Waals surface area contributed by atoms with Gasteiger partial charge < -0.3 is 9.84 Å². The van der Waals surface area contributed by atoms with Crippen molar-refractivity contribution in [2.75, 3.05) is 6.61 Å². The molecule has 0 aromatic heterocycles. The second-order valence-corrected chi connectivity index (χ2v) is 3.36. The summed E-state index contributed by atoms with van der Waals surface area (Å²) in [6, 6.07) is 0. The molecule has 0 saturated carbocycles. The van der Waals surface area contributed by atoms with Crippen molar-refractivity contribution in [1.82, 2.24) is 0 Å². The fourth-order valence-corrected chi connectivity index (χ4v) is 0.872. The molecule has 1 aliphatic heterocycles. The summed E-state index contributed by atoms with van der Waals surface area (Å²) >= 11 is 0. The average Bonchev–Trinajstić information content (AvgIpc) is 2.18. The Morgan fingerprint density at radius 3 is 2.47 bits per heavy atom. The molecule has 0 aromatic carbocycles. The average molecular weight is 222 g/mol. The number of aliphatic hydroxyl groups is 1. The number of hydrogen-bond donors (Lipinski definition) is 1. The van der Waals surface area contributed by atoms with E-state index in [1.807, 2.05) is 6.92 Å². The molecule has 0 spiro atoms. The highest BCUT2D eigenvalue weighted by molar-refractivity contribution is 4.59. The van der Waals surface area contributed by atoms with Gasteiger partial charge in [-0.05, 0) is 20.8 Å². The zero-order chi connectivity index (χ0) is 11.3. The largest absolute Gasteiger partial charge is 0.368 e. The third-order valence-corrected chi connectivity index (χ3v) is 2.02. The minimum atomic E-state index is -0.731. The van der Waals surface area contributed by atoms with E-state index in [1.54, 1.807) is 13.8 Å². The highest BCUT2D eigenvalue weighted by atomic mass is 17.2. The predicted octanol–water partition coefficient (Wildman–Crippen LogP) is 0.744. The summed E-state index contributed by atoms with van der Waals surface area (Å²) in [5, 5.41) is 8.81. The SMILES string of the molecule is CCOOC(C)C(C)OOC1CC(O)O1. The molecule has 0 aromatic rings. The summed E-state index contributed by atoms with van der Waals surface area (Å²) in [7, 11) is 0. The van der Waals surface area contributed by atoms with Crippen LogP contribution in [0.3, 0.4) is 0 Å². The number of ether oxygens (including phenoxy) is 1. The maximum atomic E-state index is 8.81. The summed E-state index contributed by atoms with van der Waals surface area (Å²) in [6.45, 7) is 5.91. The fourth-order valence-electron chi connectivity index (χ4n) is 0.872. The molecule has 1 heterocycles. The van der Waals surface area contributed by atoms with E-state index in [0.29, 0.717) is 13.0 Å². The Hall–Kier alpha value is -0.240. The van der Waals surface area contributed by atoms with Crippen LogP contribution in [0.1, 0.15) is 27.2 Å². The van der Waals surface area contributed by atoms with E-state index in [-0.39, 0.29) is 12.2 Å². The minimum absolute atomic E-state index is 0.241. The van der Waals surface area contributed by atoms with Crippen LogP contribution in [-0.2, 0) is 24.3 Å². The van der Waals surface area contributed by atoms with E-state index in [9.17, 15) is 0 Å². The molecule has 6 nitrogen and oxygen atoms in total. The van der Waals surface area contributed by atoms with Crippen molar-refractivity contribution in [2.45, 2.75) is 52.0 Å². The lowest BCUT2D eigenvalue weighted by Crippen LogP contribution is -2.40. The van der Waals surface area contributed by atoms with Crippen molar-refractivity contribution in [3.05, 3.63) is 0 Å². The van der Waals surface area contributed by atoms with Crippen molar-refractivity contribution in [2.24, 2.45) is 0 Å². The van der Waals surface area contributed by atoms with Gasteiger partial charge >= 0.3 is 0 Å². The molecule has 90 valence electrons. The van der Waals surface area contributed by atoms with Gasteiger partial charge in [0.2, 0.25) is 0 Å². The highest BCUT2D eigenvalue weighted by Crippen LogP contribution is 2.20. The van der Waals surface area contributed by atoms with Crippen LogP contribution < -0.4 is 0 Å². The van der Waals surface area contributed by atoms with E-state index in [0.717, 1.165) is 0 Å². The van der Waals surface area contributed by atoms with E-state index >= 15 is 0 Å². The van der Waals surface area contributed by atoms with Crippen molar-refractivity contribution in [1.29, 1.82) is 0 Å². The maximum absolute atomic E-state index is 8.81. The van der Waals surface area contributed by atoms with E-state index in [2.05, 4.69) is 0 Å². The monoisotopic (exact) mass is 222 g/mol. The topological polar surface area (TPSA) is 66.4 Å². The van der Waals surface area contributed by atoms with Gasteiger partial charge in [0, 0.05) is 0 Å². The first-order chi connectivity index (χ1) is 7.13. The molecule has 0 radical (unpaired) electrons. The van der Waals surface area contributed by atoms with Crippen molar-refractivity contribution in [3.8, 4) is 0 Å². The lowest BCUT2D eigenvalue weighted by molar-refractivity contribution is -0.468. The van der Waals surface area contributed by atoms with Crippen LogP contribution in [0.15, 0.2) is 0 Å². The Morgan fingerprint density at radius 2 is 1.93 bits per heavy atom. The van der Waals surface area contributed by atoms with Gasteiger partial charge in [0.1, 0.15) is 12.2 Å². The third kappa shape index (κ3) is 4.42. The Kier molecular flexibility index (Phi) is 5.44. The number of hydrogen-bond acceptors (Lipinski definition) is 6. The van der Waals surface area contributed by atoms with Gasteiger partial charge in [-0.3, -0.25) is 0 Å². The van der Waals surface area contributed by atoms with Gasteiger partial charge in [-0.15, -0.1) is 0 Å². The second-order valence-electron chi connectivity index (χ2n) is 3.36. The fraction of sp³-hybridized carbons (Fsp3) is 1.00. The third-order valence-electron chi connectivity index (χ3n) is 2.02. The minimum Gasteiger partial charge on any atom is -0.368 e. The van der Waals surface area contributed by atoms with Crippen molar-refractivity contribution < 1.29 is 29.4 Å². The highest BCUT2D eigenvalue weighted by Gasteiger charge is 2.31. The lowest BCUT2D eigenvalue weighted by Gasteiger charge is -2.31. The quantitative estimate of drug-likeness (QED) is 0.506. The molecular weight excluding hydrogens is 204 g/mol. The summed E-state index contributed by atoms with van der Waals surface area (Å²) in [5.41, 5.74) is 0. The van der Waals surface area contributed by atoms with Crippen LogP contribution in [0.5, 0.6) is 0 Å². The molecule has 0 bridgehead atoms. The standard InChI is InChI=1S/C9H18O6/c1-4-11-13-6(2)7(3)14-15-9-5-8(10)12-9/h6-10H,4-5H2,1-3H3. The van der Waals surface area contributed by atoms with Gasteiger partial charge in [0.25, 0.3) is 0 Å². The smallest absolute Gasteiger partial charge is 0.199 e. The first-order valence-corrected chi connectivity index (χ1v) is 5.07. The van der Waals surface area contributed by atoms with E-state index < -0.39 is 12.6 Å². The van der Waals surface area contributed by atoms with E-state index in [4.69, 9.17) is 29.4 Å². The molecule has 4 atom stereocenters. The van der Waals surface area contributed by atoms with Gasteiger partial charge in [-0.25, -0.2) is 19.6 Å². The summed E-state index contributed by atoms with van der Waals surface area (Å²) < 4.78 is 4.79. The molecular formula is C9H18O6. The van der Waals surface area contributed by atoms with Crippen LogP contribution in [0.25, 0.3) is 0 Å². The predicted molar refractivity (Wildman–Crippen MR) is 49.3 cm³/mol. The molecule has 1 rings (SSSR count). The lowest BCUT2D eigenvalue weighted by atomic mass is 10.3. The molecule has 4 unspecified atom stereocenters. The van der Waals surface area contributed by atoms with Crippen molar-refractivity contribution >= 4 is 0 Å². The van der Waals surface area contributed by atoms with Crippen LogP contribution >= 0.6 is 0 Å². The first-order valence-electron chi connectivity index (χ1n) is 5.07. The molecule has 15 heavy (non-hydrogen) atoms. The Bertz CT molecular complexity index is 170. The molecule has 1 aliphatic rings. The first kappa shape index (κ1) is 12.8. The zero-order valence-corrected chi connectivity index (χ0v) is 9.21. The molecule has 1 N–H and O–H groups in total. The van der Waals surface area contributed by atoms with Crippen LogP contribution in [-0.4, -0.2) is 36.5 Å². The summed E-state index contributed by atoms with van der Waals surface area (Å²) in [6.07, 6.45) is -1.31. The molecule has 0 amide bonds. The number of aliphatic hydroxyl groups excluding tert-OH is 1. The Morgan fingerprint density at radius 1 is 1.33 bits per heavy atom. The van der Waals surface area contributed by atoms with Gasteiger partial charge in [-0.1, -0.05) is 0 Å². The molecule has 1 fully saturated rings. The summed E-state index contributed by atoms with van der Waals surface area (Å²) in [5.74, 6) is 0. The zero-order valence-electron chi connectivity index (χ0n) is 9.21. The van der Waals surface area contributed by atoms with Crippen LogP contribution in [0.2, 0.25) is 0 Å². The van der Waals surface area contributed by atoms with Crippen LogP contribution in [0, 0.1) is 0 Å². The Labute approximate surface area is 88.9 Å². The van der Waals surface area contributed by atoms with Crippen molar-refractivity contribution in [3.63, 3.8) is 0 Å². The van der Waals surface area contributed by atoms with Crippen LogP contribution in [0.4, 0.5) is 0 Å². The van der Waals surface area contributed by atoms with Gasteiger partial charge in [-0.2, -0.15) is 0 Å². The van der Waals surface area contributed by atoms with Gasteiger partial charge in [0.05, 0.1) is 13.0 Å². The molecule has 1 saturated heterocycles. The maximum Gasteiger partial charge on any atom is 0.199 e. The number of rotatable bonds is 7. The Balaban J connectivity index is 2.04. The molecule has 0 aliphatic carbocycles.